The van der Waals surface area contributed by atoms with E-state index in [9.17, 15) is 9.59 Å². The molecule has 2 aliphatic heterocycles. The number of hydrogen-bond acceptors (Lipinski definition) is 3. The van der Waals surface area contributed by atoms with Crippen LogP contribution >= 0.6 is 0 Å². The van der Waals surface area contributed by atoms with E-state index in [0.717, 1.165) is 63.1 Å². The Kier molecular flexibility index (Phi) is 5.94. The first kappa shape index (κ1) is 20.8. The third-order valence-electron chi connectivity index (χ3n) is 7.96. The summed E-state index contributed by atoms with van der Waals surface area (Å²) in [4.78, 5) is 27.7. The van der Waals surface area contributed by atoms with Gasteiger partial charge in [0.1, 0.15) is 11.4 Å². The van der Waals surface area contributed by atoms with Crippen molar-refractivity contribution >= 4 is 11.8 Å². The van der Waals surface area contributed by atoms with Crippen LogP contribution in [0.4, 0.5) is 0 Å². The van der Waals surface area contributed by atoms with Crippen LogP contribution in [-0.4, -0.2) is 41.9 Å². The molecule has 1 aromatic carbocycles. The molecule has 5 heteroatoms. The standard InChI is InChI=1S/C26H36N2O3/c29-24(27-18-19-10-11-19)16-21-17-26(31-23-9-5-4-8-22(21)23)12-14-28(15-13-26)25(30)20-6-2-1-3-7-20/h4-5,8-9,19-21H,1-3,6-7,10-18H2,(H,27,29)/t21-/m1/s1. The Bertz CT molecular complexity index is 805. The van der Waals surface area contributed by atoms with Gasteiger partial charge in [0.05, 0.1) is 0 Å². The van der Waals surface area contributed by atoms with Gasteiger partial charge in [-0.2, -0.15) is 0 Å². The number of fused-ring (bicyclic) bond motifs is 1. The van der Waals surface area contributed by atoms with E-state index in [0.29, 0.717) is 18.2 Å². The lowest BCUT2D eigenvalue weighted by molar-refractivity contribution is -0.140. The minimum Gasteiger partial charge on any atom is -0.487 e. The number of benzene rings is 1. The van der Waals surface area contributed by atoms with Gasteiger partial charge in [-0.05, 0) is 49.7 Å². The molecular weight excluding hydrogens is 388 g/mol. The van der Waals surface area contributed by atoms with E-state index in [2.05, 4.69) is 16.3 Å². The lowest BCUT2D eigenvalue weighted by Crippen LogP contribution is -2.53. The van der Waals surface area contributed by atoms with E-state index in [4.69, 9.17) is 4.74 Å². The molecule has 1 aromatic rings. The van der Waals surface area contributed by atoms with Crippen molar-refractivity contribution in [1.29, 1.82) is 0 Å². The molecule has 5 nitrogen and oxygen atoms in total. The Morgan fingerprint density at radius 3 is 2.52 bits per heavy atom. The highest BCUT2D eigenvalue weighted by Crippen LogP contribution is 2.46. The topological polar surface area (TPSA) is 58.6 Å². The van der Waals surface area contributed by atoms with Crippen molar-refractivity contribution in [1.82, 2.24) is 10.2 Å². The molecule has 2 saturated carbocycles. The van der Waals surface area contributed by atoms with Crippen molar-refractivity contribution in [2.75, 3.05) is 19.6 Å². The van der Waals surface area contributed by atoms with Gasteiger partial charge >= 0.3 is 0 Å². The van der Waals surface area contributed by atoms with E-state index in [1.54, 1.807) is 0 Å². The monoisotopic (exact) mass is 424 g/mol. The van der Waals surface area contributed by atoms with Crippen molar-refractivity contribution in [3.05, 3.63) is 29.8 Å². The fraction of sp³-hybridized carbons (Fsp3) is 0.692. The van der Waals surface area contributed by atoms with Gasteiger partial charge in [0.2, 0.25) is 11.8 Å². The molecule has 2 amide bonds. The highest BCUT2D eigenvalue weighted by molar-refractivity contribution is 5.79. The maximum atomic E-state index is 13.0. The maximum Gasteiger partial charge on any atom is 0.225 e. The summed E-state index contributed by atoms with van der Waals surface area (Å²) in [6.07, 6.45) is 11.4. The van der Waals surface area contributed by atoms with E-state index < -0.39 is 0 Å². The molecule has 1 atom stereocenters. The van der Waals surface area contributed by atoms with E-state index in [1.165, 1.54) is 32.1 Å². The highest BCUT2D eigenvalue weighted by atomic mass is 16.5. The molecular formula is C26H36N2O3. The predicted octanol–water partition coefficient (Wildman–Crippen LogP) is 4.41. The molecule has 1 saturated heterocycles. The third kappa shape index (κ3) is 4.75. The van der Waals surface area contributed by atoms with Crippen LogP contribution in [-0.2, 0) is 9.59 Å². The van der Waals surface area contributed by atoms with Gasteiger partial charge in [-0.3, -0.25) is 9.59 Å². The largest absolute Gasteiger partial charge is 0.487 e. The fourth-order valence-electron chi connectivity index (χ4n) is 5.85. The SMILES string of the molecule is O=C(C[C@@H]1CC2(CCN(C(=O)C3CCCCC3)CC2)Oc2ccccc21)NCC1CC1. The summed E-state index contributed by atoms with van der Waals surface area (Å²) in [7, 11) is 0. The zero-order valence-corrected chi connectivity index (χ0v) is 18.6. The van der Waals surface area contributed by atoms with Gasteiger partial charge in [0.25, 0.3) is 0 Å². The lowest BCUT2D eigenvalue weighted by Gasteiger charge is -2.47. The second kappa shape index (κ2) is 8.84. The first-order valence-corrected chi connectivity index (χ1v) is 12.5. The number of nitrogens with one attached hydrogen (secondary N) is 1. The Labute approximate surface area is 185 Å². The van der Waals surface area contributed by atoms with Crippen molar-refractivity contribution in [3.8, 4) is 5.75 Å². The quantitative estimate of drug-likeness (QED) is 0.762. The zero-order valence-electron chi connectivity index (χ0n) is 18.6. The highest BCUT2D eigenvalue weighted by Gasteiger charge is 2.44. The van der Waals surface area contributed by atoms with Crippen LogP contribution < -0.4 is 10.1 Å². The third-order valence-corrected chi connectivity index (χ3v) is 7.96. The second-order valence-corrected chi connectivity index (χ2v) is 10.3. The molecule has 0 radical (unpaired) electrons. The molecule has 1 spiro atoms. The number of nitrogens with zero attached hydrogens (tertiary/aromatic N) is 1. The van der Waals surface area contributed by atoms with Crippen LogP contribution in [0.1, 0.15) is 82.1 Å². The summed E-state index contributed by atoms with van der Waals surface area (Å²) in [5.41, 5.74) is 0.912. The average molecular weight is 425 g/mol. The van der Waals surface area contributed by atoms with Crippen molar-refractivity contribution < 1.29 is 14.3 Å². The van der Waals surface area contributed by atoms with Crippen LogP contribution in [0.15, 0.2) is 24.3 Å². The normalized spacial score (nSPS) is 25.5. The fourth-order valence-corrected chi connectivity index (χ4v) is 5.85. The van der Waals surface area contributed by atoms with Crippen LogP contribution in [0.5, 0.6) is 5.75 Å². The van der Waals surface area contributed by atoms with Gasteiger partial charge < -0.3 is 15.0 Å². The van der Waals surface area contributed by atoms with Gasteiger partial charge in [-0.1, -0.05) is 37.5 Å². The van der Waals surface area contributed by atoms with Crippen LogP contribution in [0.2, 0.25) is 0 Å². The minimum absolute atomic E-state index is 0.161. The summed E-state index contributed by atoms with van der Waals surface area (Å²) in [5, 5.41) is 3.14. The molecule has 1 N–H and O–H groups in total. The number of ether oxygens (including phenoxy) is 1. The molecule has 31 heavy (non-hydrogen) atoms. The second-order valence-electron chi connectivity index (χ2n) is 10.3. The van der Waals surface area contributed by atoms with Gasteiger partial charge in [0.15, 0.2) is 0 Å². The maximum absolute atomic E-state index is 13.0. The van der Waals surface area contributed by atoms with Crippen LogP contribution in [0.3, 0.4) is 0 Å². The molecule has 5 rings (SSSR count). The summed E-state index contributed by atoms with van der Waals surface area (Å²) >= 11 is 0. The lowest BCUT2D eigenvalue weighted by atomic mass is 9.76. The van der Waals surface area contributed by atoms with Crippen molar-refractivity contribution in [2.24, 2.45) is 11.8 Å². The molecule has 0 unspecified atom stereocenters. The van der Waals surface area contributed by atoms with Gasteiger partial charge in [0, 0.05) is 50.7 Å². The molecule has 2 aliphatic carbocycles. The zero-order chi connectivity index (χ0) is 21.3. The van der Waals surface area contributed by atoms with E-state index in [-0.39, 0.29) is 23.3 Å². The molecule has 0 aromatic heterocycles. The molecule has 168 valence electrons. The molecule has 2 heterocycles. The van der Waals surface area contributed by atoms with Crippen LogP contribution in [0.25, 0.3) is 0 Å². The van der Waals surface area contributed by atoms with Gasteiger partial charge in [-0.25, -0.2) is 0 Å². The first-order chi connectivity index (χ1) is 15.1. The predicted molar refractivity (Wildman–Crippen MR) is 120 cm³/mol. The Morgan fingerprint density at radius 1 is 1.03 bits per heavy atom. The minimum atomic E-state index is -0.251. The molecule has 3 fully saturated rings. The Morgan fingerprint density at radius 2 is 1.77 bits per heavy atom. The van der Waals surface area contributed by atoms with Crippen LogP contribution in [0, 0.1) is 11.8 Å². The Hall–Kier alpha value is -2.04. The number of carbonyl (C=O) groups excluding carboxylic acids is 2. The molecule has 4 aliphatic rings. The summed E-state index contributed by atoms with van der Waals surface area (Å²) in [5.74, 6) is 2.57. The number of rotatable bonds is 5. The Balaban J connectivity index is 1.24. The average Bonchev–Trinajstić information content (AvgIpc) is 3.63. The van der Waals surface area contributed by atoms with Crippen molar-refractivity contribution in [3.63, 3.8) is 0 Å². The smallest absolute Gasteiger partial charge is 0.225 e. The summed E-state index contributed by atoms with van der Waals surface area (Å²) in [6.45, 7) is 2.38. The molecule has 0 bridgehead atoms. The number of amides is 2. The van der Waals surface area contributed by atoms with E-state index in [1.807, 2.05) is 18.2 Å². The number of para-hydroxylation sites is 1. The summed E-state index contributed by atoms with van der Waals surface area (Å²) in [6, 6.07) is 8.22. The number of likely N-dealkylation sites (tertiary alicyclic amines) is 1. The number of carbonyl (C=O) groups is 2. The van der Waals surface area contributed by atoms with Crippen molar-refractivity contribution in [2.45, 2.75) is 82.1 Å². The van der Waals surface area contributed by atoms with Gasteiger partial charge in [-0.15, -0.1) is 0 Å². The number of piperidine rings is 1. The first-order valence-electron chi connectivity index (χ1n) is 12.5. The summed E-state index contributed by atoms with van der Waals surface area (Å²) < 4.78 is 6.58. The van der Waals surface area contributed by atoms with E-state index >= 15 is 0 Å². The number of hydrogen-bond donors (Lipinski definition) is 1.